The van der Waals surface area contributed by atoms with E-state index in [0.717, 1.165) is 83.3 Å². The van der Waals surface area contributed by atoms with Crippen LogP contribution in [0.5, 0.6) is 0 Å². The molecule has 12 rings (SSSR count). The van der Waals surface area contributed by atoms with Crippen LogP contribution in [0.25, 0.3) is 97.5 Å². The van der Waals surface area contributed by atoms with Gasteiger partial charge in [0.2, 0.25) is 0 Å². The van der Waals surface area contributed by atoms with Crippen LogP contribution in [0.2, 0.25) is 0 Å². The number of benzene rings is 10. The molecule has 0 aliphatic heterocycles. The van der Waals surface area contributed by atoms with Gasteiger partial charge in [0, 0.05) is 53.6 Å². The fraction of sp³-hybridized carbons (Fsp3) is 0. The number of fused-ring (bicyclic) bond motifs is 8. The smallest absolute Gasteiger partial charge is 0.0979 e. The summed E-state index contributed by atoms with van der Waals surface area (Å²) in [6, 6.07) is 80.5. The molecule has 4 heteroatoms. The third kappa shape index (κ3) is 6.20. The highest BCUT2D eigenvalue weighted by molar-refractivity contribution is 7.25. The van der Waals surface area contributed by atoms with Gasteiger partial charge in [-0.1, -0.05) is 170 Å². The van der Waals surface area contributed by atoms with Gasteiger partial charge in [0.1, 0.15) is 0 Å². The van der Waals surface area contributed by atoms with Gasteiger partial charge < -0.3 is 4.90 Å². The van der Waals surface area contributed by atoms with Crippen molar-refractivity contribution < 1.29 is 0 Å². The second kappa shape index (κ2) is 15.0. The van der Waals surface area contributed by atoms with Gasteiger partial charge in [0.15, 0.2) is 0 Å². The maximum Gasteiger partial charge on any atom is 0.0979 e. The molecule has 290 valence electrons. The van der Waals surface area contributed by atoms with Crippen molar-refractivity contribution >= 4 is 81.1 Å². The van der Waals surface area contributed by atoms with Crippen molar-refractivity contribution in [1.82, 2.24) is 9.97 Å². The van der Waals surface area contributed by atoms with E-state index in [4.69, 9.17) is 9.97 Å². The minimum absolute atomic E-state index is 0.865. The van der Waals surface area contributed by atoms with E-state index in [9.17, 15) is 0 Å². The lowest BCUT2D eigenvalue weighted by Gasteiger charge is -2.28. The first-order valence-electron chi connectivity index (χ1n) is 21.0. The number of aromatic nitrogens is 2. The van der Waals surface area contributed by atoms with Crippen LogP contribution in [-0.2, 0) is 0 Å². The first-order valence-corrected chi connectivity index (χ1v) is 21.8. The van der Waals surface area contributed by atoms with E-state index in [0.29, 0.717) is 0 Å². The Hall–Kier alpha value is -7.92. The topological polar surface area (TPSA) is 29.0 Å². The van der Waals surface area contributed by atoms with Crippen molar-refractivity contribution in [2.24, 2.45) is 0 Å². The molecule has 0 radical (unpaired) electrons. The Balaban J connectivity index is 1.12. The Labute approximate surface area is 363 Å². The Bertz CT molecular complexity index is 3640. The van der Waals surface area contributed by atoms with Crippen LogP contribution in [0.4, 0.5) is 17.1 Å². The van der Waals surface area contributed by atoms with Crippen molar-refractivity contribution in [3.05, 3.63) is 224 Å². The predicted octanol–water partition coefficient (Wildman–Crippen LogP) is 16.4. The number of hydrogen-bond acceptors (Lipinski definition) is 4. The molecule has 0 spiro atoms. The summed E-state index contributed by atoms with van der Waals surface area (Å²) in [5, 5.41) is 7.02. The number of para-hydroxylation sites is 1. The van der Waals surface area contributed by atoms with Gasteiger partial charge in [0.25, 0.3) is 0 Å². The fourth-order valence-corrected chi connectivity index (χ4v) is 10.2. The van der Waals surface area contributed by atoms with E-state index < -0.39 is 0 Å². The summed E-state index contributed by atoms with van der Waals surface area (Å²) in [5.74, 6) is 0. The maximum absolute atomic E-state index is 5.56. The summed E-state index contributed by atoms with van der Waals surface area (Å²) in [5.41, 5.74) is 13.5. The Morgan fingerprint density at radius 2 is 0.919 bits per heavy atom. The van der Waals surface area contributed by atoms with Crippen LogP contribution in [0, 0.1) is 0 Å². The molecule has 0 unspecified atom stereocenters. The van der Waals surface area contributed by atoms with Gasteiger partial charge >= 0.3 is 0 Å². The number of thiophene rings is 1. The molecule has 0 bridgehead atoms. The average molecular weight is 808 g/mol. The van der Waals surface area contributed by atoms with Gasteiger partial charge in [0.05, 0.1) is 28.1 Å². The van der Waals surface area contributed by atoms with Crippen LogP contribution < -0.4 is 4.90 Å². The third-order valence-electron chi connectivity index (χ3n) is 12.0. The molecule has 0 amide bonds. The van der Waals surface area contributed by atoms with Crippen molar-refractivity contribution in [2.45, 2.75) is 0 Å². The van der Waals surface area contributed by atoms with E-state index in [1.807, 2.05) is 23.5 Å². The second-order valence-corrected chi connectivity index (χ2v) is 16.8. The molecule has 2 heterocycles. The van der Waals surface area contributed by atoms with Crippen LogP contribution in [0.1, 0.15) is 0 Å². The van der Waals surface area contributed by atoms with E-state index in [1.54, 1.807) is 0 Å². The summed E-state index contributed by atoms with van der Waals surface area (Å²) in [6.07, 6.45) is 0. The van der Waals surface area contributed by atoms with Crippen LogP contribution in [0.3, 0.4) is 0 Å². The quantitative estimate of drug-likeness (QED) is 0.150. The lowest BCUT2D eigenvalue weighted by atomic mass is 9.96. The SMILES string of the molecule is c1ccc(-c2cccc(-c3ccccc3N(c3ccc4sc5ccccc5c4c3)c3ccc4ccc5ccc6nc(-c7ccccc7)c(-c7ccccc7)nc6c5c4c3)c2)cc1. The molecule has 0 aliphatic rings. The highest BCUT2D eigenvalue weighted by atomic mass is 32.1. The van der Waals surface area contributed by atoms with Gasteiger partial charge in [-0.3, -0.25) is 0 Å². The molecule has 0 saturated heterocycles. The summed E-state index contributed by atoms with van der Waals surface area (Å²) in [6.45, 7) is 0. The normalized spacial score (nSPS) is 11.5. The average Bonchev–Trinajstić information content (AvgIpc) is 3.72. The summed E-state index contributed by atoms with van der Waals surface area (Å²) in [7, 11) is 0. The van der Waals surface area contributed by atoms with Gasteiger partial charge in [-0.25, -0.2) is 9.97 Å². The monoisotopic (exact) mass is 807 g/mol. The minimum atomic E-state index is 0.865. The zero-order valence-electron chi connectivity index (χ0n) is 33.6. The molecule has 2 aromatic heterocycles. The number of rotatable bonds is 7. The summed E-state index contributed by atoms with van der Waals surface area (Å²) < 4.78 is 2.57. The Morgan fingerprint density at radius 1 is 0.355 bits per heavy atom. The lowest BCUT2D eigenvalue weighted by Crippen LogP contribution is -2.11. The Morgan fingerprint density at radius 3 is 1.71 bits per heavy atom. The van der Waals surface area contributed by atoms with E-state index in [2.05, 4.69) is 217 Å². The fourth-order valence-electron chi connectivity index (χ4n) is 9.07. The minimum Gasteiger partial charge on any atom is -0.310 e. The third-order valence-corrected chi connectivity index (χ3v) is 13.2. The number of anilines is 3. The molecule has 62 heavy (non-hydrogen) atoms. The highest BCUT2D eigenvalue weighted by Crippen LogP contribution is 2.46. The molecule has 12 aromatic rings. The highest BCUT2D eigenvalue weighted by Gasteiger charge is 2.21. The molecule has 0 fully saturated rings. The number of hydrogen-bond donors (Lipinski definition) is 0. The van der Waals surface area contributed by atoms with Crippen molar-refractivity contribution in [1.29, 1.82) is 0 Å². The molecule has 0 N–H and O–H groups in total. The van der Waals surface area contributed by atoms with Crippen LogP contribution in [0.15, 0.2) is 224 Å². The van der Waals surface area contributed by atoms with Crippen LogP contribution >= 0.6 is 11.3 Å². The standard InChI is InChI=1S/C58H37N3S/c1-4-15-38(16-5-1)43-21-14-22-44(35-43)47-23-10-12-25-52(47)61(46-32-34-54-50(37-46)48-24-11-13-26-53(48)62-54)45-31-29-39-27-28-40-30-33-51-58(55(40)49(39)36-45)60-57(42-19-8-3-9-20-42)56(59-51)41-17-6-2-7-18-41/h1-37H. The molecule has 0 saturated carbocycles. The first kappa shape index (κ1) is 36.0. The molecular formula is C58H37N3S. The van der Waals surface area contributed by atoms with E-state index >= 15 is 0 Å². The summed E-state index contributed by atoms with van der Waals surface area (Å²) in [4.78, 5) is 13.4. The molecule has 3 nitrogen and oxygen atoms in total. The first-order chi connectivity index (χ1) is 30.7. The van der Waals surface area contributed by atoms with Crippen molar-refractivity contribution in [2.75, 3.05) is 4.90 Å². The summed E-state index contributed by atoms with van der Waals surface area (Å²) >= 11 is 1.85. The number of nitrogens with zero attached hydrogens (tertiary/aromatic N) is 3. The van der Waals surface area contributed by atoms with E-state index in [1.165, 1.54) is 31.3 Å². The molecular weight excluding hydrogens is 771 g/mol. The second-order valence-electron chi connectivity index (χ2n) is 15.7. The maximum atomic E-state index is 5.56. The van der Waals surface area contributed by atoms with Gasteiger partial charge in [-0.2, -0.15) is 0 Å². The zero-order chi connectivity index (χ0) is 41.0. The largest absolute Gasteiger partial charge is 0.310 e. The van der Waals surface area contributed by atoms with Crippen molar-refractivity contribution in [3.8, 4) is 44.8 Å². The van der Waals surface area contributed by atoms with Crippen molar-refractivity contribution in [3.63, 3.8) is 0 Å². The molecule has 10 aromatic carbocycles. The zero-order valence-corrected chi connectivity index (χ0v) is 34.4. The lowest BCUT2D eigenvalue weighted by molar-refractivity contribution is 1.29. The molecule has 0 atom stereocenters. The van der Waals surface area contributed by atoms with Gasteiger partial charge in [-0.15, -0.1) is 11.3 Å². The predicted molar refractivity (Wildman–Crippen MR) is 264 cm³/mol. The van der Waals surface area contributed by atoms with Gasteiger partial charge in [-0.05, 0) is 87.4 Å². The Kier molecular flexibility index (Phi) is 8.68. The van der Waals surface area contributed by atoms with Crippen LogP contribution in [-0.4, -0.2) is 9.97 Å². The van der Waals surface area contributed by atoms with E-state index in [-0.39, 0.29) is 0 Å². The molecule has 0 aliphatic carbocycles.